The van der Waals surface area contributed by atoms with Gasteiger partial charge >= 0.3 is 12.1 Å². The summed E-state index contributed by atoms with van der Waals surface area (Å²) >= 11 is 0. The Morgan fingerprint density at radius 1 is 0.939 bits per heavy atom. The maximum absolute atomic E-state index is 12.8. The third kappa shape index (κ3) is 5.37. The van der Waals surface area contributed by atoms with Gasteiger partial charge in [-0.25, -0.2) is 4.79 Å². The van der Waals surface area contributed by atoms with Gasteiger partial charge in [0.05, 0.1) is 5.56 Å². The number of ether oxygens (including phenoxy) is 3. The zero-order chi connectivity index (χ0) is 23.6. The first-order valence-corrected chi connectivity index (χ1v) is 10.2. The van der Waals surface area contributed by atoms with Gasteiger partial charge in [-0.2, -0.15) is 13.2 Å². The number of hydrogen-bond donors (Lipinski definition) is 0. The van der Waals surface area contributed by atoms with E-state index in [-0.39, 0.29) is 5.56 Å². The van der Waals surface area contributed by atoms with Crippen molar-refractivity contribution in [3.8, 4) is 11.5 Å². The van der Waals surface area contributed by atoms with E-state index in [9.17, 15) is 18.0 Å². The Labute approximate surface area is 189 Å². The molecule has 4 rings (SSSR count). The summed E-state index contributed by atoms with van der Waals surface area (Å²) in [7, 11) is 0. The molecule has 0 amide bonds. The molecule has 33 heavy (non-hydrogen) atoms. The Morgan fingerprint density at radius 2 is 1.64 bits per heavy atom. The summed E-state index contributed by atoms with van der Waals surface area (Å²) in [4.78, 5) is 12.7. The largest absolute Gasteiger partial charge is 0.489 e. The SMILES string of the molecule is CC1(C)OC(=O)c2c(/C=C/c3ccc(C(F)(F)F)cc3)cc(OCc3ccccc3)cc2O1. The van der Waals surface area contributed by atoms with Crippen molar-refractivity contribution in [1.82, 2.24) is 0 Å². The first-order chi connectivity index (χ1) is 15.6. The van der Waals surface area contributed by atoms with Gasteiger partial charge in [0.2, 0.25) is 5.79 Å². The van der Waals surface area contributed by atoms with E-state index in [2.05, 4.69) is 0 Å². The summed E-state index contributed by atoms with van der Waals surface area (Å²) in [5.41, 5.74) is 1.48. The highest BCUT2D eigenvalue weighted by Gasteiger charge is 2.36. The molecule has 1 aliphatic heterocycles. The van der Waals surface area contributed by atoms with Crippen molar-refractivity contribution < 1.29 is 32.2 Å². The zero-order valence-corrected chi connectivity index (χ0v) is 18.0. The molecule has 4 nitrogen and oxygen atoms in total. The summed E-state index contributed by atoms with van der Waals surface area (Å²) in [5, 5.41) is 0. The second-order valence-electron chi connectivity index (χ2n) is 8.00. The molecular weight excluding hydrogens is 433 g/mol. The average Bonchev–Trinajstić information content (AvgIpc) is 2.75. The van der Waals surface area contributed by atoms with Gasteiger partial charge in [-0.15, -0.1) is 0 Å². The van der Waals surface area contributed by atoms with Crippen molar-refractivity contribution in [3.63, 3.8) is 0 Å². The smallest absolute Gasteiger partial charge is 0.416 e. The molecule has 1 aliphatic rings. The molecule has 0 unspecified atom stereocenters. The number of hydrogen-bond acceptors (Lipinski definition) is 4. The van der Waals surface area contributed by atoms with Gasteiger partial charge in [-0.3, -0.25) is 0 Å². The van der Waals surface area contributed by atoms with Gasteiger partial charge < -0.3 is 14.2 Å². The number of esters is 1. The van der Waals surface area contributed by atoms with E-state index in [1.165, 1.54) is 12.1 Å². The Kier molecular flexibility index (Phi) is 5.89. The van der Waals surface area contributed by atoms with Gasteiger partial charge in [0.1, 0.15) is 23.7 Å². The van der Waals surface area contributed by atoms with Crippen LogP contribution in [-0.4, -0.2) is 11.8 Å². The highest BCUT2D eigenvalue weighted by Crippen LogP contribution is 2.38. The number of fused-ring (bicyclic) bond motifs is 1. The van der Waals surface area contributed by atoms with Crippen LogP contribution in [0, 0.1) is 0 Å². The first kappa shape index (κ1) is 22.5. The van der Waals surface area contributed by atoms with E-state index in [1.807, 2.05) is 30.3 Å². The lowest BCUT2D eigenvalue weighted by Gasteiger charge is -2.32. The van der Waals surface area contributed by atoms with Crippen molar-refractivity contribution in [2.45, 2.75) is 32.4 Å². The molecule has 7 heteroatoms. The molecule has 0 spiro atoms. The van der Waals surface area contributed by atoms with Crippen molar-refractivity contribution in [3.05, 3.63) is 94.5 Å². The van der Waals surface area contributed by atoms with Crippen LogP contribution in [0.1, 0.15) is 46.5 Å². The van der Waals surface area contributed by atoms with Crippen LogP contribution in [-0.2, 0) is 17.5 Å². The van der Waals surface area contributed by atoms with Crippen molar-refractivity contribution in [2.24, 2.45) is 0 Å². The minimum Gasteiger partial charge on any atom is -0.489 e. The lowest BCUT2D eigenvalue weighted by atomic mass is 10.0. The second kappa shape index (κ2) is 8.65. The van der Waals surface area contributed by atoms with Gasteiger partial charge in [0, 0.05) is 19.9 Å². The number of benzene rings is 3. The number of alkyl halides is 3. The Bertz CT molecular complexity index is 1180. The van der Waals surface area contributed by atoms with Crippen LogP contribution in [0.3, 0.4) is 0 Å². The third-order valence-corrected chi connectivity index (χ3v) is 4.95. The summed E-state index contributed by atoms with van der Waals surface area (Å²) < 4.78 is 55.5. The second-order valence-corrected chi connectivity index (χ2v) is 8.00. The number of carbonyl (C=O) groups excluding carboxylic acids is 1. The standard InChI is InChI=1S/C26H21F3O4/c1-25(2)32-22-15-21(31-16-18-6-4-3-5-7-18)14-19(23(22)24(30)33-25)11-8-17-9-12-20(13-10-17)26(27,28)29/h3-15H,16H2,1-2H3/b11-8+. The first-order valence-electron chi connectivity index (χ1n) is 10.2. The molecule has 0 fully saturated rings. The number of rotatable bonds is 5. The normalized spacial score (nSPS) is 15.0. The predicted octanol–water partition coefficient (Wildman–Crippen LogP) is 6.74. The highest BCUT2D eigenvalue weighted by atomic mass is 19.4. The molecule has 0 saturated heterocycles. The van der Waals surface area contributed by atoms with E-state index in [0.29, 0.717) is 29.2 Å². The fourth-order valence-corrected chi connectivity index (χ4v) is 3.39. The molecule has 0 radical (unpaired) electrons. The van der Waals surface area contributed by atoms with Gasteiger partial charge in [-0.1, -0.05) is 54.6 Å². The fraction of sp³-hybridized carbons (Fsp3) is 0.192. The van der Waals surface area contributed by atoms with Crippen LogP contribution < -0.4 is 9.47 Å². The summed E-state index contributed by atoms with van der Waals surface area (Å²) in [5.74, 6) is -0.900. The quantitative estimate of drug-likeness (QED) is 0.316. The molecule has 0 aromatic heterocycles. The maximum atomic E-state index is 12.8. The molecule has 3 aromatic rings. The summed E-state index contributed by atoms with van der Waals surface area (Å²) in [6.45, 7) is 3.57. The zero-order valence-electron chi connectivity index (χ0n) is 18.0. The Morgan fingerprint density at radius 3 is 2.30 bits per heavy atom. The topological polar surface area (TPSA) is 44.8 Å². The van der Waals surface area contributed by atoms with Crippen molar-refractivity contribution in [1.29, 1.82) is 0 Å². The Hall–Kier alpha value is -3.74. The fourth-order valence-electron chi connectivity index (χ4n) is 3.39. The highest BCUT2D eigenvalue weighted by molar-refractivity contribution is 5.99. The monoisotopic (exact) mass is 454 g/mol. The van der Waals surface area contributed by atoms with Gasteiger partial charge in [0.15, 0.2) is 0 Å². The van der Waals surface area contributed by atoms with Crippen LogP contribution in [0.4, 0.5) is 13.2 Å². The molecule has 0 aliphatic carbocycles. The number of cyclic esters (lactones) is 1. The minimum absolute atomic E-state index is 0.226. The van der Waals surface area contributed by atoms with E-state index < -0.39 is 23.5 Å². The van der Waals surface area contributed by atoms with Crippen LogP contribution in [0.2, 0.25) is 0 Å². The number of carbonyl (C=O) groups is 1. The van der Waals surface area contributed by atoms with Gasteiger partial charge in [0.25, 0.3) is 0 Å². The van der Waals surface area contributed by atoms with E-state index in [1.54, 1.807) is 38.1 Å². The maximum Gasteiger partial charge on any atom is 0.416 e. The van der Waals surface area contributed by atoms with E-state index >= 15 is 0 Å². The van der Waals surface area contributed by atoms with Crippen LogP contribution >= 0.6 is 0 Å². The van der Waals surface area contributed by atoms with Crippen LogP contribution in [0.15, 0.2) is 66.7 Å². The molecule has 0 saturated carbocycles. The lowest BCUT2D eigenvalue weighted by molar-refractivity contribution is -0.137. The van der Waals surface area contributed by atoms with Crippen molar-refractivity contribution in [2.75, 3.05) is 0 Å². The summed E-state index contributed by atoms with van der Waals surface area (Å²) in [6, 6.07) is 17.6. The van der Waals surface area contributed by atoms with Crippen molar-refractivity contribution >= 4 is 18.1 Å². The van der Waals surface area contributed by atoms with Crippen LogP contribution in [0.5, 0.6) is 11.5 Å². The average molecular weight is 454 g/mol. The van der Waals surface area contributed by atoms with Crippen LogP contribution in [0.25, 0.3) is 12.2 Å². The predicted molar refractivity (Wildman–Crippen MR) is 118 cm³/mol. The molecule has 0 bridgehead atoms. The molecule has 0 N–H and O–H groups in total. The van der Waals surface area contributed by atoms with E-state index in [4.69, 9.17) is 14.2 Å². The molecule has 3 aromatic carbocycles. The molecule has 1 heterocycles. The minimum atomic E-state index is -4.40. The van der Waals surface area contributed by atoms with E-state index in [0.717, 1.165) is 17.7 Å². The Balaban J connectivity index is 1.66. The third-order valence-electron chi connectivity index (χ3n) is 4.95. The molecular formula is C26H21F3O4. The number of halogens is 3. The summed E-state index contributed by atoms with van der Waals surface area (Å²) in [6.07, 6.45) is -1.16. The lowest BCUT2D eigenvalue weighted by Crippen LogP contribution is -2.39. The molecule has 0 atom stereocenters. The molecule has 170 valence electrons. The van der Waals surface area contributed by atoms with Gasteiger partial charge in [-0.05, 0) is 34.9 Å².